The van der Waals surface area contributed by atoms with E-state index in [4.69, 9.17) is 4.98 Å². The van der Waals surface area contributed by atoms with Gasteiger partial charge in [-0.05, 0) is 37.7 Å². The van der Waals surface area contributed by atoms with Crippen LogP contribution >= 0.6 is 0 Å². The van der Waals surface area contributed by atoms with Crippen LogP contribution in [-0.4, -0.2) is 47.5 Å². The molecule has 4 rings (SSSR count). The van der Waals surface area contributed by atoms with Gasteiger partial charge in [0.25, 0.3) is 0 Å². The Kier molecular flexibility index (Phi) is 2.86. The summed E-state index contributed by atoms with van der Waals surface area (Å²) in [6, 6.07) is 10.6. The number of aromatic nitrogens is 2. The van der Waals surface area contributed by atoms with Gasteiger partial charge >= 0.3 is 0 Å². The van der Waals surface area contributed by atoms with Crippen LogP contribution in [0.15, 0.2) is 36.5 Å². The molecule has 0 radical (unpaired) electrons. The first kappa shape index (κ1) is 12.7. The van der Waals surface area contributed by atoms with Gasteiger partial charge in [0.15, 0.2) is 5.82 Å². The minimum absolute atomic E-state index is 1.04. The molecule has 0 saturated carbocycles. The predicted octanol–water partition coefficient (Wildman–Crippen LogP) is 2.55. The van der Waals surface area contributed by atoms with Gasteiger partial charge in [-0.3, -0.25) is 0 Å². The molecule has 3 heterocycles. The molecule has 4 heteroatoms. The van der Waals surface area contributed by atoms with Crippen molar-refractivity contribution < 1.29 is 0 Å². The SMILES string of the molecule is Cc1cccc2nc(N3CCN(C)CC3)c3cccn3c12. The Morgan fingerprint density at radius 3 is 2.62 bits per heavy atom. The number of anilines is 1. The van der Waals surface area contributed by atoms with Gasteiger partial charge in [-0.25, -0.2) is 4.98 Å². The molecular weight excluding hydrogens is 260 g/mol. The highest BCUT2D eigenvalue weighted by Crippen LogP contribution is 2.27. The lowest BCUT2D eigenvalue weighted by molar-refractivity contribution is 0.312. The van der Waals surface area contributed by atoms with Crippen molar-refractivity contribution in [3.05, 3.63) is 42.1 Å². The zero-order valence-electron chi connectivity index (χ0n) is 12.6. The third-order valence-electron chi connectivity index (χ3n) is 4.46. The van der Waals surface area contributed by atoms with E-state index in [-0.39, 0.29) is 0 Å². The Hall–Kier alpha value is -2.07. The fraction of sp³-hybridized carbons (Fsp3) is 0.353. The maximum atomic E-state index is 4.97. The third-order valence-corrected chi connectivity index (χ3v) is 4.46. The maximum absolute atomic E-state index is 4.97. The molecule has 3 aromatic rings. The fourth-order valence-electron chi connectivity index (χ4n) is 3.23. The zero-order chi connectivity index (χ0) is 14.4. The van der Waals surface area contributed by atoms with Gasteiger partial charge in [-0.1, -0.05) is 12.1 Å². The summed E-state index contributed by atoms with van der Waals surface area (Å²) in [6.45, 7) is 6.43. The fourth-order valence-corrected chi connectivity index (χ4v) is 3.23. The molecule has 0 bridgehead atoms. The Labute approximate surface area is 124 Å². The van der Waals surface area contributed by atoms with Crippen LogP contribution in [0.5, 0.6) is 0 Å². The standard InChI is InChI=1S/C17H20N4/c1-13-5-3-6-14-16(13)21-8-4-7-15(21)17(18-14)20-11-9-19(2)10-12-20/h3-8H,9-12H2,1-2H3. The van der Waals surface area contributed by atoms with E-state index in [2.05, 4.69) is 64.7 Å². The number of rotatable bonds is 1. The number of fused-ring (bicyclic) bond motifs is 3. The number of likely N-dealkylation sites (N-methyl/N-ethyl adjacent to an activating group) is 1. The predicted molar refractivity (Wildman–Crippen MR) is 87.1 cm³/mol. The lowest BCUT2D eigenvalue weighted by Gasteiger charge is -2.33. The molecule has 0 amide bonds. The number of hydrogen-bond donors (Lipinski definition) is 0. The van der Waals surface area contributed by atoms with Crippen LogP contribution < -0.4 is 4.90 Å². The first-order valence-corrected chi connectivity index (χ1v) is 7.54. The lowest BCUT2D eigenvalue weighted by atomic mass is 10.2. The van der Waals surface area contributed by atoms with Crippen molar-refractivity contribution in [2.24, 2.45) is 0 Å². The smallest absolute Gasteiger partial charge is 0.153 e. The highest BCUT2D eigenvalue weighted by atomic mass is 15.3. The zero-order valence-corrected chi connectivity index (χ0v) is 12.6. The Balaban J connectivity index is 1.94. The van der Waals surface area contributed by atoms with Gasteiger partial charge in [0.05, 0.1) is 16.6 Å². The summed E-state index contributed by atoms with van der Waals surface area (Å²) >= 11 is 0. The molecule has 21 heavy (non-hydrogen) atoms. The number of hydrogen-bond acceptors (Lipinski definition) is 3. The van der Waals surface area contributed by atoms with Crippen LogP contribution in [-0.2, 0) is 0 Å². The van der Waals surface area contributed by atoms with Gasteiger partial charge in [-0.15, -0.1) is 0 Å². The number of para-hydroxylation sites is 1. The Morgan fingerprint density at radius 2 is 1.81 bits per heavy atom. The van der Waals surface area contributed by atoms with E-state index in [1.807, 2.05) is 0 Å². The number of benzene rings is 1. The van der Waals surface area contributed by atoms with Crippen molar-refractivity contribution in [1.29, 1.82) is 0 Å². The first-order chi connectivity index (χ1) is 10.2. The first-order valence-electron chi connectivity index (χ1n) is 7.54. The Morgan fingerprint density at radius 1 is 1.00 bits per heavy atom. The summed E-state index contributed by atoms with van der Waals surface area (Å²) < 4.78 is 2.28. The molecule has 1 saturated heterocycles. The van der Waals surface area contributed by atoms with Crippen molar-refractivity contribution in [3.63, 3.8) is 0 Å². The van der Waals surface area contributed by atoms with E-state index < -0.39 is 0 Å². The lowest BCUT2D eigenvalue weighted by Crippen LogP contribution is -2.45. The molecule has 1 aromatic carbocycles. The molecule has 1 aliphatic heterocycles. The average Bonchev–Trinajstić information content (AvgIpc) is 2.96. The van der Waals surface area contributed by atoms with Gasteiger partial charge in [0, 0.05) is 32.4 Å². The van der Waals surface area contributed by atoms with E-state index in [1.54, 1.807) is 0 Å². The van der Waals surface area contributed by atoms with E-state index in [0.717, 1.165) is 37.5 Å². The molecule has 4 nitrogen and oxygen atoms in total. The molecule has 0 N–H and O–H groups in total. The van der Waals surface area contributed by atoms with E-state index in [0.29, 0.717) is 0 Å². The third kappa shape index (κ3) is 1.98. The molecule has 0 unspecified atom stereocenters. The summed E-state index contributed by atoms with van der Waals surface area (Å²) in [7, 11) is 2.18. The van der Waals surface area contributed by atoms with Crippen LogP contribution in [0, 0.1) is 6.92 Å². The second-order valence-electron chi connectivity index (χ2n) is 5.93. The molecule has 0 aliphatic carbocycles. The van der Waals surface area contributed by atoms with Crippen LogP contribution in [0.3, 0.4) is 0 Å². The Bertz CT molecular complexity index is 797. The monoisotopic (exact) mass is 280 g/mol. The molecule has 1 fully saturated rings. The summed E-state index contributed by atoms with van der Waals surface area (Å²) in [5, 5.41) is 0. The number of aryl methyl sites for hydroxylation is 1. The van der Waals surface area contributed by atoms with Crippen LogP contribution in [0.4, 0.5) is 5.82 Å². The van der Waals surface area contributed by atoms with E-state index >= 15 is 0 Å². The van der Waals surface area contributed by atoms with Crippen molar-refractivity contribution in [1.82, 2.24) is 14.3 Å². The maximum Gasteiger partial charge on any atom is 0.153 e. The molecule has 0 atom stereocenters. The highest BCUT2D eigenvalue weighted by Gasteiger charge is 2.19. The highest BCUT2D eigenvalue weighted by molar-refractivity contribution is 5.87. The normalized spacial score (nSPS) is 17.0. The minimum Gasteiger partial charge on any atom is -0.352 e. The second kappa shape index (κ2) is 4.74. The van der Waals surface area contributed by atoms with Crippen LogP contribution in [0.1, 0.15) is 5.56 Å². The summed E-state index contributed by atoms with van der Waals surface area (Å²) in [4.78, 5) is 9.76. The topological polar surface area (TPSA) is 23.8 Å². The van der Waals surface area contributed by atoms with Crippen molar-refractivity contribution in [3.8, 4) is 0 Å². The van der Waals surface area contributed by atoms with Gasteiger partial charge in [0.2, 0.25) is 0 Å². The quantitative estimate of drug-likeness (QED) is 0.684. The average molecular weight is 280 g/mol. The van der Waals surface area contributed by atoms with Crippen molar-refractivity contribution >= 4 is 22.4 Å². The van der Waals surface area contributed by atoms with Gasteiger partial charge in [0.1, 0.15) is 0 Å². The molecule has 0 spiro atoms. The number of piperazine rings is 1. The summed E-state index contributed by atoms with van der Waals surface area (Å²) in [6.07, 6.45) is 2.14. The van der Waals surface area contributed by atoms with Crippen LogP contribution in [0.2, 0.25) is 0 Å². The number of nitrogens with zero attached hydrogens (tertiary/aromatic N) is 4. The van der Waals surface area contributed by atoms with E-state index in [1.165, 1.54) is 16.6 Å². The summed E-state index contributed by atoms with van der Waals surface area (Å²) in [5.41, 5.74) is 4.77. The molecule has 108 valence electrons. The van der Waals surface area contributed by atoms with Crippen molar-refractivity contribution in [2.45, 2.75) is 6.92 Å². The largest absolute Gasteiger partial charge is 0.352 e. The molecular formula is C17H20N4. The van der Waals surface area contributed by atoms with Crippen LogP contribution in [0.25, 0.3) is 16.6 Å². The van der Waals surface area contributed by atoms with E-state index in [9.17, 15) is 0 Å². The van der Waals surface area contributed by atoms with Gasteiger partial charge < -0.3 is 14.2 Å². The van der Waals surface area contributed by atoms with Gasteiger partial charge in [-0.2, -0.15) is 0 Å². The minimum atomic E-state index is 1.04. The summed E-state index contributed by atoms with van der Waals surface area (Å²) in [5.74, 6) is 1.12. The molecule has 2 aromatic heterocycles. The second-order valence-corrected chi connectivity index (χ2v) is 5.93. The van der Waals surface area contributed by atoms with Crippen molar-refractivity contribution in [2.75, 3.05) is 38.1 Å². The molecule has 1 aliphatic rings.